The lowest BCUT2D eigenvalue weighted by molar-refractivity contribution is -0.138. The molecule has 9 nitrogen and oxygen atoms in total. The molecule has 3 aliphatic rings. The minimum absolute atomic E-state index is 0.0183. The standard InChI is InChI=1S/C25H34N4O5/c26-19-8-4-18(5-9-19)14-27-24(31)15-29-12-2-1-3-20(25(29)32)28-23(30)11-7-17-6-10-21-22(13-17)34-16-33-21/h6-7,10-11,13,18-20H,1-5,8-9,12,14-16,26H2,(H,27,31)(H,28,30). The molecule has 184 valence electrons. The van der Waals surface area contributed by atoms with Gasteiger partial charge in [0, 0.05) is 25.2 Å². The van der Waals surface area contributed by atoms with E-state index in [9.17, 15) is 14.4 Å². The van der Waals surface area contributed by atoms with Crippen molar-refractivity contribution in [3.8, 4) is 11.5 Å². The largest absolute Gasteiger partial charge is 0.454 e. The summed E-state index contributed by atoms with van der Waals surface area (Å²) in [5, 5.41) is 5.78. The predicted octanol–water partition coefficient (Wildman–Crippen LogP) is 1.56. The molecule has 34 heavy (non-hydrogen) atoms. The summed E-state index contributed by atoms with van der Waals surface area (Å²) in [6.07, 6.45) is 9.29. The van der Waals surface area contributed by atoms with Gasteiger partial charge in [-0.25, -0.2) is 0 Å². The molecule has 4 N–H and O–H groups in total. The smallest absolute Gasteiger partial charge is 0.245 e. The second-order valence-corrected chi connectivity index (χ2v) is 9.35. The van der Waals surface area contributed by atoms with Crippen LogP contribution < -0.4 is 25.8 Å². The second kappa shape index (κ2) is 11.4. The summed E-state index contributed by atoms with van der Waals surface area (Å²) in [5.74, 6) is 1.06. The zero-order valence-corrected chi connectivity index (χ0v) is 19.5. The Bertz CT molecular complexity index is 926. The average Bonchev–Trinajstić information content (AvgIpc) is 3.24. The van der Waals surface area contributed by atoms with E-state index in [2.05, 4.69) is 10.6 Å². The van der Waals surface area contributed by atoms with Crippen LogP contribution in [0.3, 0.4) is 0 Å². The van der Waals surface area contributed by atoms with E-state index < -0.39 is 6.04 Å². The van der Waals surface area contributed by atoms with Gasteiger partial charge < -0.3 is 30.7 Å². The van der Waals surface area contributed by atoms with Crippen LogP contribution in [-0.4, -0.2) is 61.1 Å². The Hall–Kier alpha value is -3.07. The Kier molecular flexibility index (Phi) is 8.05. The molecule has 1 saturated carbocycles. The zero-order valence-electron chi connectivity index (χ0n) is 19.5. The third-order valence-electron chi connectivity index (χ3n) is 6.73. The van der Waals surface area contributed by atoms with E-state index in [1.807, 2.05) is 6.07 Å². The highest BCUT2D eigenvalue weighted by atomic mass is 16.7. The van der Waals surface area contributed by atoms with Crippen LogP contribution in [0.15, 0.2) is 24.3 Å². The van der Waals surface area contributed by atoms with Crippen LogP contribution in [0.25, 0.3) is 6.08 Å². The lowest BCUT2D eigenvalue weighted by Gasteiger charge is -2.27. The number of carbonyl (C=O) groups is 3. The minimum atomic E-state index is -0.635. The van der Waals surface area contributed by atoms with Crippen molar-refractivity contribution in [2.24, 2.45) is 11.7 Å². The molecule has 0 bridgehead atoms. The molecule has 3 amide bonds. The fourth-order valence-corrected chi connectivity index (χ4v) is 4.68. The fraction of sp³-hybridized carbons (Fsp3) is 0.560. The maximum Gasteiger partial charge on any atom is 0.245 e. The molecule has 4 rings (SSSR count). The summed E-state index contributed by atoms with van der Waals surface area (Å²) in [6, 6.07) is 5.06. The second-order valence-electron chi connectivity index (χ2n) is 9.35. The Morgan fingerprint density at radius 3 is 2.71 bits per heavy atom. The molecule has 0 aromatic heterocycles. The number of likely N-dealkylation sites (tertiary alicyclic amines) is 1. The van der Waals surface area contributed by atoms with Gasteiger partial charge in [-0.15, -0.1) is 0 Å². The zero-order chi connectivity index (χ0) is 23.9. The fourth-order valence-electron chi connectivity index (χ4n) is 4.68. The summed E-state index contributed by atoms with van der Waals surface area (Å²) >= 11 is 0. The number of ether oxygens (including phenoxy) is 2. The Labute approximate surface area is 200 Å². The highest BCUT2D eigenvalue weighted by molar-refractivity contribution is 5.96. The van der Waals surface area contributed by atoms with Crippen molar-refractivity contribution >= 4 is 23.8 Å². The number of rotatable bonds is 7. The van der Waals surface area contributed by atoms with E-state index in [0.29, 0.717) is 36.9 Å². The quantitative estimate of drug-likeness (QED) is 0.520. The number of fused-ring (bicyclic) bond motifs is 1. The topological polar surface area (TPSA) is 123 Å². The monoisotopic (exact) mass is 470 g/mol. The molecule has 2 fully saturated rings. The highest BCUT2D eigenvalue weighted by Crippen LogP contribution is 2.32. The molecule has 9 heteroatoms. The van der Waals surface area contributed by atoms with Gasteiger partial charge in [-0.05, 0) is 74.6 Å². The van der Waals surface area contributed by atoms with Gasteiger partial charge in [0.25, 0.3) is 0 Å². The third kappa shape index (κ3) is 6.50. The van der Waals surface area contributed by atoms with Gasteiger partial charge in [-0.1, -0.05) is 6.07 Å². The summed E-state index contributed by atoms with van der Waals surface area (Å²) in [4.78, 5) is 39.6. The normalized spacial score (nSPS) is 24.7. The first kappa shape index (κ1) is 24.1. The van der Waals surface area contributed by atoms with E-state index in [-0.39, 0.29) is 37.1 Å². The first-order valence-electron chi connectivity index (χ1n) is 12.2. The van der Waals surface area contributed by atoms with E-state index >= 15 is 0 Å². The van der Waals surface area contributed by atoms with E-state index in [0.717, 1.165) is 44.1 Å². The summed E-state index contributed by atoms with van der Waals surface area (Å²) in [5.41, 5.74) is 6.74. The van der Waals surface area contributed by atoms with Crippen molar-refractivity contribution < 1.29 is 23.9 Å². The Balaban J connectivity index is 1.26. The SMILES string of the molecule is NC1CCC(CNC(=O)CN2CCCCC(NC(=O)C=Cc3ccc4c(c3)OCO4)C2=O)CC1. The molecule has 1 unspecified atom stereocenters. The van der Waals surface area contributed by atoms with Crippen LogP contribution in [0.1, 0.15) is 50.5 Å². The van der Waals surface area contributed by atoms with Gasteiger partial charge in [0.15, 0.2) is 11.5 Å². The van der Waals surface area contributed by atoms with Gasteiger partial charge in [0.2, 0.25) is 24.5 Å². The maximum atomic E-state index is 13.0. The van der Waals surface area contributed by atoms with E-state index in [1.165, 1.54) is 6.08 Å². The molecule has 1 aliphatic carbocycles. The van der Waals surface area contributed by atoms with Crippen LogP contribution in [-0.2, 0) is 14.4 Å². The lowest BCUT2D eigenvalue weighted by atomic mass is 9.86. The summed E-state index contributed by atoms with van der Waals surface area (Å²) in [6.45, 7) is 1.35. The highest BCUT2D eigenvalue weighted by Gasteiger charge is 2.29. The van der Waals surface area contributed by atoms with Gasteiger partial charge >= 0.3 is 0 Å². The van der Waals surface area contributed by atoms with Crippen molar-refractivity contribution in [1.29, 1.82) is 0 Å². The molecular weight excluding hydrogens is 436 g/mol. The number of hydrogen-bond acceptors (Lipinski definition) is 6. The van der Waals surface area contributed by atoms with Gasteiger partial charge in [0.1, 0.15) is 6.04 Å². The molecular formula is C25H34N4O5. The molecule has 1 saturated heterocycles. The van der Waals surface area contributed by atoms with Crippen molar-refractivity contribution in [3.63, 3.8) is 0 Å². The molecule has 0 radical (unpaired) electrons. The summed E-state index contributed by atoms with van der Waals surface area (Å²) < 4.78 is 10.6. The number of nitrogens with two attached hydrogens (primary N) is 1. The molecule has 1 aromatic carbocycles. The third-order valence-corrected chi connectivity index (χ3v) is 6.73. The van der Waals surface area contributed by atoms with Crippen molar-refractivity contribution in [2.75, 3.05) is 26.4 Å². The average molecular weight is 471 g/mol. The molecule has 2 aliphatic heterocycles. The van der Waals surface area contributed by atoms with Gasteiger partial charge in [-0.2, -0.15) is 0 Å². The number of carbonyl (C=O) groups excluding carboxylic acids is 3. The van der Waals surface area contributed by atoms with Crippen LogP contribution in [0, 0.1) is 5.92 Å². The van der Waals surface area contributed by atoms with Gasteiger partial charge in [-0.3, -0.25) is 14.4 Å². The lowest BCUT2D eigenvalue weighted by Crippen LogP contribution is -2.50. The molecule has 1 aromatic rings. The van der Waals surface area contributed by atoms with E-state index in [1.54, 1.807) is 23.1 Å². The maximum absolute atomic E-state index is 13.0. The van der Waals surface area contributed by atoms with Crippen molar-refractivity contribution in [1.82, 2.24) is 15.5 Å². The first-order valence-corrected chi connectivity index (χ1v) is 12.2. The molecule has 2 heterocycles. The van der Waals surface area contributed by atoms with Crippen LogP contribution >= 0.6 is 0 Å². The van der Waals surface area contributed by atoms with E-state index in [4.69, 9.17) is 15.2 Å². The Morgan fingerprint density at radius 1 is 1.09 bits per heavy atom. The Morgan fingerprint density at radius 2 is 1.88 bits per heavy atom. The van der Waals surface area contributed by atoms with Crippen molar-refractivity contribution in [3.05, 3.63) is 29.8 Å². The first-order chi connectivity index (χ1) is 16.5. The summed E-state index contributed by atoms with van der Waals surface area (Å²) in [7, 11) is 0. The number of nitrogens with zero attached hydrogens (tertiary/aromatic N) is 1. The van der Waals surface area contributed by atoms with Gasteiger partial charge in [0.05, 0.1) is 6.54 Å². The van der Waals surface area contributed by atoms with Crippen LogP contribution in [0.5, 0.6) is 11.5 Å². The number of nitrogens with one attached hydrogen (secondary N) is 2. The van der Waals surface area contributed by atoms with Crippen LogP contribution in [0.2, 0.25) is 0 Å². The minimum Gasteiger partial charge on any atom is -0.454 e. The number of hydrogen-bond donors (Lipinski definition) is 3. The number of benzene rings is 1. The molecule has 0 spiro atoms. The van der Waals surface area contributed by atoms with Crippen LogP contribution in [0.4, 0.5) is 0 Å². The molecule has 1 atom stereocenters. The predicted molar refractivity (Wildman–Crippen MR) is 127 cm³/mol. The number of amides is 3. The van der Waals surface area contributed by atoms with Crippen molar-refractivity contribution in [2.45, 2.75) is 57.0 Å².